The summed E-state index contributed by atoms with van der Waals surface area (Å²) >= 11 is 1.25. The lowest BCUT2D eigenvalue weighted by Crippen LogP contribution is -2.34. The van der Waals surface area contributed by atoms with E-state index in [1.54, 1.807) is 62.4 Å². The van der Waals surface area contributed by atoms with E-state index in [9.17, 15) is 14.4 Å². The van der Waals surface area contributed by atoms with E-state index in [4.69, 9.17) is 14.2 Å². The molecule has 0 radical (unpaired) electrons. The molecule has 9 nitrogen and oxygen atoms in total. The Hall–Kier alpha value is -3.53. The van der Waals surface area contributed by atoms with Crippen LogP contribution in [0.1, 0.15) is 36.2 Å². The maximum Gasteiger partial charge on any atom is 0.338 e. The van der Waals surface area contributed by atoms with Gasteiger partial charge in [0.1, 0.15) is 5.25 Å². The monoisotopic (exact) mass is 499 g/mol. The summed E-state index contributed by atoms with van der Waals surface area (Å²) < 4.78 is 15.7. The quantitative estimate of drug-likeness (QED) is 0.499. The Morgan fingerprint density at radius 2 is 1.77 bits per heavy atom. The van der Waals surface area contributed by atoms with Gasteiger partial charge in [0.25, 0.3) is 0 Å². The standard InChI is InChI=1S/C25H29N3O6S/c1-5-26-22(29)14-21-23(30)28(15-16-7-12-19(32-3)20(13-16)33-4)25(35-21)27-18-10-8-17(9-11-18)24(31)34-6-2/h7-13,21H,5-6,14-15H2,1-4H3,(H,26,29)/t21-/m1/s1. The average molecular weight is 500 g/mol. The summed E-state index contributed by atoms with van der Waals surface area (Å²) in [7, 11) is 3.11. The van der Waals surface area contributed by atoms with Crippen molar-refractivity contribution >= 4 is 40.4 Å². The smallest absolute Gasteiger partial charge is 0.338 e. The molecular formula is C25H29N3O6S. The van der Waals surface area contributed by atoms with Gasteiger partial charge in [-0.2, -0.15) is 0 Å². The van der Waals surface area contributed by atoms with Crippen LogP contribution in [0.4, 0.5) is 5.69 Å². The van der Waals surface area contributed by atoms with E-state index < -0.39 is 11.2 Å². The summed E-state index contributed by atoms with van der Waals surface area (Å²) in [6.07, 6.45) is 0.0561. The number of hydrogen-bond donors (Lipinski definition) is 1. The van der Waals surface area contributed by atoms with E-state index in [1.165, 1.54) is 11.8 Å². The lowest BCUT2D eigenvalue weighted by Gasteiger charge is -2.18. The van der Waals surface area contributed by atoms with Gasteiger partial charge in [-0.3, -0.25) is 14.5 Å². The van der Waals surface area contributed by atoms with Crippen LogP contribution in [0.25, 0.3) is 0 Å². The molecule has 1 heterocycles. The molecule has 3 rings (SSSR count). The maximum atomic E-state index is 13.3. The molecule has 2 aromatic carbocycles. The van der Waals surface area contributed by atoms with Crippen LogP contribution >= 0.6 is 11.8 Å². The van der Waals surface area contributed by atoms with Gasteiger partial charge in [0.05, 0.1) is 38.6 Å². The summed E-state index contributed by atoms with van der Waals surface area (Å²) in [5, 5.41) is 2.63. The van der Waals surface area contributed by atoms with Crippen LogP contribution < -0.4 is 14.8 Å². The number of carbonyl (C=O) groups is 3. The Balaban J connectivity index is 1.89. The number of amidine groups is 1. The van der Waals surface area contributed by atoms with Gasteiger partial charge < -0.3 is 19.5 Å². The number of nitrogens with one attached hydrogen (secondary N) is 1. The first kappa shape index (κ1) is 26.1. The van der Waals surface area contributed by atoms with Gasteiger partial charge >= 0.3 is 5.97 Å². The third kappa shape index (κ3) is 6.54. The van der Waals surface area contributed by atoms with Crippen molar-refractivity contribution in [2.24, 2.45) is 4.99 Å². The van der Waals surface area contributed by atoms with Crippen molar-refractivity contribution in [2.45, 2.75) is 32.1 Å². The number of amides is 2. The van der Waals surface area contributed by atoms with Crippen molar-refractivity contribution in [3.8, 4) is 11.5 Å². The molecule has 1 aliphatic rings. The molecule has 35 heavy (non-hydrogen) atoms. The van der Waals surface area contributed by atoms with Gasteiger partial charge in [0, 0.05) is 13.0 Å². The number of thioether (sulfide) groups is 1. The number of esters is 1. The highest BCUT2D eigenvalue weighted by atomic mass is 32.2. The number of nitrogens with zero attached hydrogens (tertiary/aromatic N) is 2. The van der Waals surface area contributed by atoms with Crippen molar-refractivity contribution in [2.75, 3.05) is 27.4 Å². The normalized spacial score (nSPS) is 16.3. The molecule has 1 fully saturated rings. The van der Waals surface area contributed by atoms with Crippen molar-refractivity contribution in [3.05, 3.63) is 53.6 Å². The number of benzene rings is 2. The molecule has 0 saturated carbocycles. The van der Waals surface area contributed by atoms with E-state index in [1.807, 2.05) is 13.0 Å². The fourth-order valence-corrected chi connectivity index (χ4v) is 4.62. The minimum atomic E-state index is -0.584. The molecule has 1 atom stereocenters. The average Bonchev–Trinajstić information content (AvgIpc) is 3.13. The Morgan fingerprint density at radius 1 is 1.06 bits per heavy atom. The Labute approximate surface area is 208 Å². The predicted molar refractivity (Wildman–Crippen MR) is 134 cm³/mol. The highest BCUT2D eigenvalue weighted by molar-refractivity contribution is 8.15. The van der Waals surface area contributed by atoms with E-state index in [2.05, 4.69) is 10.3 Å². The maximum absolute atomic E-state index is 13.3. The summed E-state index contributed by atoms with van der Waals surface area (Å²) in [5.74, 6) is 0.343. The fourth-order valence-electron chi connectivity index (χ4n) is 3.47. The van der Waals surface area contributed by atoms with Gasteiger partial charge in [0.2, 0.25) is 11.8 Å². The van der Waals surface area contributed by atoms with Crippen LogP contribution in [0, 0.1) is 0 Å². The second-order valence-corrected chi connectivity index (χ2v) is 8.71. The first-order valence-electron chi connectivity index (χ1n) is 11.2. The summed E-state index contributed by atoms with van der Waals surface area (Å²) in [6.45, 7) is 4.61. The van der Waals surface area contributed by atoms with Crippen LogP contribution in [0.15, 0.2) is 47.5 Å². The van der Waals surface area contributed by atoms with Gasteiger partial charge in [-0.05, 0) is 55.8 Å². The lowest BCUT2D eigenvalue weighted by atomic mass is 10.1. The zero-order chi connectivity index (χ0) is 25.4. The summed E-state index contributed by atoms with van der Waals surface area (Å²) in [5.41, 5.74) is 1.81. The Kier molecular flexibility index (Phi) is 9.13. The molecule has 0 unspecified atom stereocenters. The van der Waals surface area contributed by atoms with Crippen LogP contribution in [-0.4, -0.2) is 60.5 Å². The number of carbonyl (C=O) groups excluding carboxylic acids is 3. The van der Waals surface area contributed by atoms with Gasteiger partial charge in [-0.15, -0.1) is 0 Å². The van der Waals surface area contributed by atoms with Crippen molar-refractivity contribution < 1.29 is 28.6 Å². The van der Waals surface area contributed by atoms with E-state index in [0.717, 1.165) is 5.56 Å². The molecule has 0 aromatic heterocycles. The van der Waals surface area contributed by atoms with Crippen molar-refractivity contribution in [1.29, 1.82) is 0 Å². The zero-order valence-electron chi connectivity index (χ0n) is 20.2. The van der Waals surface area contributed by atoms with E-state index in [0.29, 0.717) is 41.1 Å². The van der Waals surface area contributed by atoms with E-state index >= 15 is 0 Å². The number of ether oxygens (including phenoxy) is 3. The highest BCUT2D eigenvalue weighted by Crippen LogP contribution is 2.34. The number of methoxy groups -OCH3 is 2. The minimum absolute atomic E-state index is 0.0561. The van der Waals surface area contributed by atoms with Crippen LogP contribution in [0.5, 0.6) is 11.5 Å². The van der Waals surface area contributed by atoms with Crippen molar-refractivity contribution in [1.82, 2.24) is 10.2 Å². The first-order chi connectivity index (χ1) is 16.9. The molecular weight excluding hydrogens is 470 g/mol. The molecule has 10 heteroatoms. The molecule has 1 aliphatic heterocycles. The third-order valence-corrected chi connectivity index (χ3v) is 6.33. The minimum Gasteiger partial charge on any atom is -0.493 e. The molecule has 2 aromatic rings. The fraction of sp³-hybridized carbons (Fsp3) is 0.360. The highest BCUT2D eigenvalue weighted by Gasteiger charge is 2.39. The third-order valence-electron chi connectivity index (χ3n) is 5.16. The Morgan fingerprint density at radius 3 is 2.40 bits per heavy atom. The lowest BCUT2D eigenvalue weighted by molar-refractivity contribution is -0.129. The van der Waals surface area contributed by atoms with Gasteiger partial charge in [-0.1, -0.05) is 17.8 Å². The zero-order valence-corrected chi connectivity index (χ0v) is 21.0. The topological polar surface area (TPSA) is 107 Å². The van der Waals surface area contributed by atoms with Crippen LogP contribution in [-0.2, 0) is 20.9 Å². The molecule has 186 valence electrons. The van der Waals surface area contributed by atoms with Gasteiger partial charge in [-0.25, -0.2) is 9.79 Å². The summed E-state index contributed by atoms with van der Waals surface area (Å²) in [4.78, 5) is 43.6. The van der Waals surface area contributed by atoms with Crippen LogP contribution in [0.3, 0.4) is 0 Å². The number of hydrogen-bond acceptors (Lipinski definition) is 8. The van der Waals surface area contributed by atoms with Crippen LogP contribution in [0.2, 0.25) is 0 Å². The Bertz CT molecular complexity index is 1100. The number of aliphatic imine (C=N–C) groups is 1. The van der Waals surface area contributed by atoms with E-state index in [-0.39, 0.29) is 24.8 Å². The second kappa shape index (κ2) is 12.3. The second-order valence-electron chi connectivity index (χ2n) is 7.54. The molecule has 0 spiro atoms. The molecule has 2 amide bonds. The molecule has 1 saturated heterocycles. The number of rotatable bonds is 10. The van der Waals surface area contributed by atoms with Crippen molar-refractivity contribution in [3.63, 3.8) is 0 Å². The molecule has 0 bridgehead atoms. The molecule has 0 aliphatic carbocycles. The predicted octanol–water partition coefficient (Wildman–Crippen LogP) is 3.54. The largest absolute Gasteiger partial charge is 0.493 e. The van der Waals surface area contributed by atoms with Gasteiger partial charge in [0.15, 0.2) is 16.7 Å². The molecule has 1 N–H and O–H groups in total. The summed E-state index contributed by atoms with van der Waals surface area (Å²) in [6, 6.07) is 12.1. The first-order valence-corrected chi connectivity index (χ1v) is 12.1. The SMILES string of the molecule is CCNC(=O)C[C@H]1SC(=Nc2ccc(C(=O)OCC)cc2)N(Cc2ccc(OC)c(OC)c2)C1=O.